The van der Waals surface area contributed by atoms with Crippen LogP contribution in [0.2, 0.25) is 0 Å². The number of nitrogens with zero attached hydrogens (tertiary/aromatic N) is 1. The fraction of sp³-hybridized carbons (Fsp3) is 0.786. The predicted molar refractivity (Wildman–Crippen MR) is 135 cm³/mol. The number of aromatic nitrogens is 1. The smallest absolute Gasteiger partial charge is 0.194 e. The van der Waals surface area contributed by atoms with Gasteiger partial charge < -0.3 is 10.2 Å². The van der Waals surface area contributed by atoms with E-state index in [1.165, 1.54) is 102 Å². The molecule has 31 heavy (non-hydrogen) atoms. The largest absolute Gasteiger partial charge is 0.494 e. The highest BCUT2D eigenvalue weighted by Crippen LogP contribution is 2.34. The van der Waals surface area contributed by atoms with Crippen LogP contribution in [-0.2, 0) is 0 Å². The maximum Gasteiger partial charge on any atom is 0.194 e. The van der Waals surface area contributed by atoms with Crippen molar-refractivity contribution in [3.8, 4) is 11.8 Å². The van der Waals surface area contributed by atoms with E-state index in [1.807, 2.05) is 0 Å². The maximum absolute atomic E-state index is 10.3. The summed E-state index contributed by atoms with van der Waals surface area (Å²) in [5.74, 6) is 0.337. The molecule has 0 saturated carbocycles. The Morgan fingerprint density at radius 3 is 1.61 bits per heavy atom. The zero-order chi connectivity index (χ0) is 22.7. The van der Waals surface area contributed by atoms with E-state index >= 15 is 0 Å². The van der Waals surface area contributed by atoms with Gasteiger partial charge in [0.05, 0.1) is 6.04 Å². The first kappa shape index (κ1) is 27.7. The average Bonchev–Trinajstić information content (AvgIpc) is 3.09. The van der Waals surface area contributed by atoms with Gasteiger partial charge in [0.1, 0.15) is 0 Å². The van der Waals surface area contributed by atoms with Crippen LogP contribution in [0.3, 0.4) is 0 Å². The van der Waals surface area contributed by atoms with Gasteiger partial charge in [0.2, 0.25) is 0 Å². The standard InChI is InChI=1S/C28H51NO2/c1-4-6-8-10-12-14-16-18-20-22-26(29-27(30)23-24-28(29)31)25(3)21-19-17-15-13-11-9-7-5-2/h21,23-24,26,30-31H,4-20,22H2,1-3H3. The predicted octanol–water partition coefficient (Wildman–Crippen LogP) is 9.45. The van der Waals surface area contributed by atoms with Gasteiger partial charge in [0, 0.05) is 12.1 Å². The van der Waals surface area contributed by atoms with Gasteiger partial charge in [-0.15, -0.1) is 0 Å². The van der Waals surface area contributed by atoms with Gasteiger partial charge in [-0.2, -0.15) is 0 Å². The summed E-state index contributed by atoms with van der Waals surface area (Å²) < 4.78 is 1.71. The molecule has 2 N–H and O–H groups in total. The second-order valence-electron chi connectivity index (χ2n) is 9.41. The Labute approximate surface area is 193 Å². The molecule has 1 aromatic rings. The summed E-state index contributed by atoms with van der Waals surface area (Å²) in [6, 6.07) is 3.26. The normalized spacial score (nSPS) is 13.1. The molecule has 0 aliphatic carbocycles. The SMILES string of the molecule is CCCCCCCCCC=C(C)C(CCCCCCCCCCC)n1c(O)ccc1O. The summed E-state index contributed by atoms with van der Waals surface area (Å²) in [6.45, 7) is 6.69. The second kappa shape index (κ2) is 18.2. The third-order valence-electron chi connectivity index (χ3n) is 6.57. The Morgan fingerprint density at radius 2 is 1.13 bits per heavy atom. The fourth-order valence-corrected chi connectivity index (χ4v) is 4.52. The highest BCUT2D eigenvalue weighted by Gasteiger charge is 2.19. The van der Waals surface area contributed by atoms with Crippen molar-refractivity contribution in [1.29, 1.82) is 0 Å². The molecule has 3 nitrogen and oxygen atoms in total. The van der Waals surface area contributed by atoms with E-state index in [4.69, 9.17) is 0 Å². The number of hydrogen-bond acceptors (Lipinski definition) is 2. The summed E-state index contributed by atoms with van der Waals surface area (Å²) >= 11 is 0. The molecule has 180 valence electrons. The monoisotopic (exact) mass is 433 g/mol. The highest BCUT2D eigenvalue weighted by molar-refractivity contribution is 5.28. The summed E-state index contributed by atoms with van der Waals surface area (Å²) in [4.78, 5) is 0. The quantitative estimate of drug-likeness (QED) is 0.159. The molecule has 0 aliphatic rings. The Hall–Kier alpha value is -1.38. The van der Waals surface area contributed by atoms with E-state index in [-0.39, 0.29) is 17.8 Å². The first-order valence-corrected chi connectivity index (χ1v) is 13.4. The van der Waals surface area contributed by atoms with Gasteiger partial charge in [-0.25, -0.2) is 0 Å². The summed E-state index contributed by atoms with van der Waals surface area (Å²) in [6.07, 6.45) is 25.5. The van der Waals surface area contributed by atoms with Crippen LogP contribution >= 0.6 is 0 Å². The van der Waals surface area contributed by atoms with Crippen molar-refractivity contribution in [2.45, 2.75) is 142 Å². The molecule has 1 rings (SSSR count). The molecule has 0 aliphatic heterocycles. The van der Waals surface area contributed by atoms with Gasteiger partial charge >= 0.3 is 0 Å². The Morgan fingerprint density at radius 1 is 0.710 bits per heavy atom. The minimum Gasteiger partial charge on any atom is -0.494 e. The second-order valence-corrected chi connectivity index (χ2v) is 9.41. The van der Waals surface area contributed by atoms with Crippen molar-refractivity contribution in [1.82, 2.24) is 4.57 Å². The lowest BCUT2D eigenvalue weighted by Gasteiger charge is -2.22. The summed E-state index contributed by atoms with van der Waals surface area (Å²) in [5, 5.41) is 20.6. The maximum atomic E-state index is 10.3. The van der Waals surface area contributed by atoms with Crippen LogP contribution in [0, 0.1) is 0 Å². The molecule has 0 amide bonds. The number of allylic oxidation sites excluding steroid dienone is 2. The van der Waals surface area contributed by atoms with E-state index in [0.29, 0.717) is 0 Å². The third-order valence-corrected chi connectivity index (χ3v) is 6.57. The van der Waals surface area contributed by atoms with Crippen molar-refractivity contribution >= 4 is 0 Å². The topological polar surface area (TPSA) is 45.4 Å². The fourth-order valence-electron chi connectivity index (χ4n) is 4.52. The molecule has 0 aromatic carbocycles. The molecule has 1 unspecified atom stereocenters. The van der Waals surface area contributed by atoms with Crippen molar-refractivity contribution in [2.24, 2.45) is 0 Å². The number of rotatable bonds is 20. The first-order chi connectivity index (χ1) is 15.1. The number of aromatic hydroxyl groups is 2. The summed E-state index contributed by atoms with van der Waals surface area (Å²) in [7, 11) is 0. The van der Waals surface area contributed by atoms with Crippen molar-refractivity contribution in [3.05, 3.63) is 23.8 Å². The van der Waals surface area contributed by atoms with Gasteiger partial charge in [0.25, 0.3) is 0 Å². The molecule has 0 saturated heterocycles. The van der Waals surface area contributed by atoms with Gasteiger partial charge in [-0.1, -0.05) is 122 Å². The van der Waals surface area contributed by atoms with Crippen LogP contribution in [0.15, 0.2) is 23.8 Å². The summed E-state index contributed by atoms with van der Waals surface area (Å²) in [5.41, 5.74) is 1.27. The minimum absolute atomic E-state index is 0.0594. The molecule has 0 fully saturated rings. The van der Waals surface area contributed by atoms with Crippen LogP contribution in [-0.4, -0.2) is 14.8 Å². The van der Waals surface area contributed by atoms with E-state index in [9.17, 15) is 10.2 Å². The van der Waals surface area contributed by atoms with Crippen LogP contribution in [0.1, 0.15) is 142 Å². The van der Waals surface area contributed by atoms with Crippen LogP contribution in [0.5, 0.6) is 11.8 Å². The van der Waals surface area contributed by atoms with Gasteiger partial charge in [-0.05, 0) is 26.2 Å². The first-order valence-electron chi connectivity index (χ1n) is 13.4. The molecule has 0 spiro atoms. The lowest BCUT2D eigenvalue weighted by atomic mass is 9.98. The molecular weight excluding hydrogens is 382 g/mol. The Kier molecular flexibility index (Phi) is 16.3. The van der Waals surface area contributed by atoms with E-state index in [0.717, 1.165) is 19.3 Å². The van der Waals surface area contributed by atoms with Crippen LogP contribution in [0.25, 0.3) is 0 Å². The molecule has 0 bridgehead atoms. The van der Waals surface area contributed by atoms with E-state index in [2.05, 4.69) is 26.8 Å². The van der Waals surface area contributed by atoms with Crippen molar-refractivity contribution in [3.63, 3.8) is 0 Å². The van der Waals surface area contributed by atoms with E-state index in [1.54, 1.807) is 16.7 Å². The van der Waals surface area contributed by atoms with Crippen molar-refractivity contribution < 1.29 is 10.2 Å². The molecule has 1 aromatic heterocycles. The molecule has 1 heterocycles. The van der Waals surface area contributed by atoms with Crippen molar-refractivity contribution in [2.75, 3.05) is 0 Å². The number of unbranched alkanes of at least 4 members (excludes halogenated alkanes) is 15. The molecule has 1 atom stereocenters. The zero-order valence-corrected chi connectivity index (χ0v) is 20.9. The lowest BCUT2D eigenvalue weighted by molar-refractivity contribution is 0.336. The highest BCUT2D eigenvalue weighted by atomic mass is 16.3. The Bertz CT molecular complexity index is 556. The zero-order valence-electron chi connectivity index (χ0n) is 20.9. The average molecular weight is 434 g/mol. The minimum atomic E-state index is 0.0594. The van der Waals surface area contributed by atoms with E-state index < -0.39 is 0 Å². The molecule has 3 heteroatoms. The molecule has 0 radical (unpaired) electrons. The van der Waals surface area contributed by atoms with Crippen LogP contribution < -0.4 is 0 Å². The van der Waals surface area contributed by atoms with Gasteiger partial charge in [-0.3, -0.25) is 4.57 Å². The molecular formula is C28H51NO2. The van der Waals surface area contributed by atoms with Crippen LogP contribution in [0.4, 0.5) is 0 Å². The Balaban J connectivity index is 2.42. The van der Waals surface area contributed by atoms with Gasteiger partial charge in [0.15, 0.2) is 11.8 Å². The lowest BCUT2D eigenvalue weighted by Crippen LogP contribution is -2.10. The third kappa shape index (κ3) is 12.3. The number of hydrogen-bond donors (Lipinski definition) is 2.